The van der Waals surface area contributed by atoms with Crippen molar-refractivity contribution in [3.63, 3.8) is 0 Å². The van der Waals surface area contributed by atoms with Gasteiger partial charge in [0.2, 0.25) is 5.91 Å². The number of methoxy groups -OCH3 is 2. The van der Waals surface area contributed by atoms with Gasteiger partial charge in [-0.05, 0) is 24.3 Å². The molecular weight excluding hydrogens is 294 g/mol. The van der Waals surface area contributed by atoms with Crippen LogP contribution >= 0.6 is 11.8 Å². The zero-order valence-electron chi connectivity index (χ0n) is 12.0. The molecule has 1 rings (SSSR count). The Morgan fingerprint density at radius 3 is 2.57 bits per heavy atom. The summed E-state index contributed by atoms with van der Waals surface area (Å²) in [5.74, 6) is 1.12. The van der Waals surface area contributed by atoms with E-state index in [0.717, 1.165) is 0 Å². The molecule has 21 heavy (non-hydrogen) atoms. The van der Waals surface area contributed by atoms with E-state index in [1.54, 1.807) is 25.3 Å². The minimum Gasteiger partial charge on any atom is -0.493 e. The van der Waals surface area contributed by atoms with Crippen molar-refractivity contribution >= 4 is 29.3 Å². The average molecular weight is 313 g/mol. The van der Waals surface area contributed by atoms with Crippen LogP contribution in [0.5, 0.6) is 11.5 Å². The second-order valence-corrected chi connectivity index (χ2v) is 5.27. The number of amides is 1. The second-order valence-electron chi connectivity index (χ2n) is 4.17. The third kappa shape index (κ3) is 6.40. The van der Waals surface area contributed by atoms with Gasteiger partial charge in [-0.1, -0.05) is 0 Å². The molecule has 0 heterocycles. The Bertz CT molecular complexity index is 492. The fraction of sp³-hybridized carbons (Fsp3) is 0.429. The lowest BCUT2D eigenvalue weighted by atomic mass is 10.2. The summed E-state index contributed by atoms with van der Waals surface area (Å²) in [4.78, 5) is 22.1. The van der Waals surface area contributed by atoms with Crippen molar-refractivity contribution < 1.29 is 24.2 Å². The van der Waals surface area contributed by atoms with Gasteiger partial charge in [-0.15, -0.1) is 0 Å². The molecule has 0 aromatic heterocycles. The Balaban J connectivity index is 2.39. The maximum absolute atomic E-state index is 11.7. The highest BCUT2D eigenvalue weighted by Gasteiger charge is 2.07. The van der Waals surface area contributed by atoms with Gasteiger partial charge in [0.15, 0.2) is 11.5 Å². The van der Waals surface area contributed by atoms with E-state index < -0.39 is 5.97 Å². The Kier molecular flexibility index (Phi) is 7.45. The standard InChI is InChI=1S/C14H19NO5S/c1-19-11-6-5-10(8-12(11)20-2)15-13(16)9-21-7-3-4-14(17)18/h5-6,8H,3-4,7,9H2,1-2H3,(H,15,16)(H,17,18). The van der Waals surface area contributed by atoms with E-state index in [-0.39, 0.29) is 18.1 Å². The Labute approximate surface area is 127 Å². The van der Waals surface area contributed by atoms with E-state index in [9.17, 15) is 9.59 Å². The van der Waals surface area contributed by atoms with E-state index in [2.05, 4.69) is 5.32 Å². The van der Waals surface area contributed by atoms with Crippen LogP contribution in [0, 0.1) is 0 Å². The van der Waals surface area contributed by atoms with Gasteiger partial charge in [0, 0.05) is 18.2 Å². The monoisotopic (exact) mass is 313 g/mol. The summed E-state index contributed by atoms with van der Waals surface area (Å²) in [6.45, 7) is 0. The molecule has 1 aromatic carbocycles. The van der Waals surface area contributed by atoms with Crippen LogP contribution in [0.1, 0.15) is 12.8 Å². The van der Waals surface area contributed by atoms with Crippen LogP contribution in [-0.4, -0.2) is 42.7 Å². The third-order valence-electron chi connectivity index (χ3n) is 2.58. The summed E-state index contributed by atoms with van der Waals surface area (Å²) in [5.41, 5.74) is 0.629. The number of carbonyl (C=O) groups excluding carboxylic acids is 1. The molecule has 1 amide bonds. The van der Waals surface area contributed by atoms with E-state index in [4.69, 9.17) is 14.6 Å². The van der Waals surface area contributed by atoms with Crippen molar-refractivity contribution in [3.8, 4) is 11.5 Å². The Hall–Kier alpha value is -1.89. The molecule has 116 valence electrons. The number of rotatable bonds is 9. The van der Waals surface area contributed by atoms with Gasteiger partial charge in [0.05, 0.1) is 20.0 Å². The predicted octanol–water partition coefficient (Wildman–Crippen LogP) is 2.24. The van der Waals surface area contributed by atoms with Crippen LogP contribution < -0.4 is 14.8 Å². The van der Waals surface area contributed by atoms with Crippen LogP contribution in [0.2, 0.25) is 0 Å². The van der Waals surface area contributed by atoms with Gasteiger partial charge in [-0.25, -0.2) is 0 Å². The average Bonchev–Trinajstić information content (AvgIpc) is 2.46. The number of nitrogens with one attached hydrogen (secondary N) is 1. The molecule has 0 aliphatic carbocycles. The molecule has 0 spiro atoms. The minimum atomic E-state index is -0.814. The van der Waals surface area contributed by atoms with Crippen molar-refractivity contribution in [1.82, 2.24) is 0 Å². The van der Waals surface area contributed by atoms with Crippen molar-refractivity contribution in [3.05, 3.63) is 18.2 Å². The lowest BCUT2D eigenvalue weighted by Crippen LogP contribution is -2.14. The van der Waals surface area contributed by atoms with Gasteiger partial charge in [0.1, 0.15) is 0 Å². The Morgan fingerprint density at radius 1 is 1.24 bits per heavy atom. The van der Waals surface area contributed by atoms with E-state index in [0.29, 0.717) is 29.4 Å². The van der Waals surface area contributed by atoms with E-state index in [1.807, 2.05) is 0 Å². The number of benzene rings is 1. The van der Waals surface area contributed by atoms with E-state index in [1.165, 1.54) is 18.9 Å². The highest BCUT2D eigenvalue weighted by atomic mass is 32.2. The summed E-state index contributed by atoms with van der Waals surface area (Å²) in [7, 11) is 3.08. The summed E-state index contributed by atoms with van der Waals surface area (Å²) >= 11 is 1.41. The van der Waals surface area contributed by atoms with Gasteiger partial charge in [0.25, 0.3) is 0 Å². The molecule has 0 atom stereocenters. The van der Waals surface area contributed by atoms with Crippen molar-refractivity contribution in [2.45, 2.75) is 12.8 Å². The summed E-state index contributed by atoms with van der Waals surface area (Å²) in [5, 5.41) is 11.3. The van der Waals surface area contributed by atoms with Crippen LogP contribution in [0.4, 0.5) is 5.69 Å². The van der Waals surface area contributed by atoms with Crippen molar-refractivity contribution in [2.24, 2.45) is 0 Å². The summed E-state index contributed by atoms with van der Waals surface area (Å²) in [6.07, 6.45) is 0.688. The largest absolute Gasteiger partial charge is 0.493 e. The van der Waals surface area contributed by atoms with Crippen LogP contribution in [-0.2, 0) is 9.59 Å². The fourth-order valence-corrected chi connectivity index (χ4v) is 2.35. The molecule has 0 bridgehead atoms. The molecular formula is C14H19NO5S. The quantitative estimate of drug-likeness (QED) is 0.680. The van der Waals surface area contributed by atoms with Crippen molar-refractivity contribution in [1.29, 1.82) is 0 Å². The number of carboxylic acid groups (broad SMARTS) is 1. The maximum atomic E-state index is 11.7. The van der Waals surface area contributed by atoms with Crippen LogP contribution in [0.25, 0.3) is 0 Å². The number of thioether (sulfide) groups is 1. The molecule has 0 fully saturated rings. The minimum absolute atomic E-state index is 0.129. The lowest BCUT2D eigenvalue weighted by molar-refractivity contribution is -0.137. The first-order chi connectivity index (χ1) is 10.1. The molecule has 0 aliphatic rings. The number of hydrogen-bond acceptors (Lipinski definition) is 5. The zero-order chi connectivity index (χ0) is 15.7. The molecule has 7 heteroatoms. The number of ether oxygens (including phenoxy) is 2. The normalized spacial score (nSPS) is 10.0. The highest BCUT2D eigenvalue weighted by molar-refractivity contribution is 7.99. The number of carbonyl (C=O) groups is 2. The number of anilines is 1. The van der Waals surface area contributed by atoms with Crippen molar-refractivity contribution in [2.75, 3.05) is 31.0 Å². The number of aliphatic carboxylic acids is 1. The molecule has 6 nitrogen and oxygen atoms in total. The fourth-order valence-electron chi connectivity index (χ4n) is 1.60. The number of hydrogen-bond donors (Lipinski definition) is 2. The van der Waals surface area contributed by atoms with Gasteiger partial charge in [-0.3, -0.25) is 9.59 Å². The SMILES string of the molecule is COc1ccc(NC(=O)CSCCCC(=O)O)cc1OC. The molecule has 0 saturated carbocycles. The number of carboxylic acids is 1. The molecule has 1 aromatic rings. The molecule has 2 N–H and O–H groups in total. The molecule has 0 unspecified atom stereocenters. The molecule has 0 aliphatic heterocycles. The third-order valence-corrected chi connectivity index (χ3v) is 3.62. The Morgan fingerprint density at radius 2 is 1.95 bits per heavy atom. The molecule has 0 radical (unpaired) electrons. The predicted molar refractivity (Wildman–Crippen MR) is 82.4 cm³/mol. The summed E-state index contributed by atoms with van der Waals surface area (Å²) < 4.78 is 10.3. The zero-order valence-corrected chi connectivity index (χ0v) is 12.9. The van der Waals surface area contributed by atoms with Crippen LogP contribution in [0.3, 0.4) is 0 Å². The van der Waals surface area contributed by atoms with E-state index >= 15 is 0 Å². The molecule has 0 saturated heterocycles. The first kappa shape index (κ1) is 17.2. The smallest absolute Gasteiger partial charge is 0.303 e. The van der Waals surface area contributed by atoms with Gasteiger partial charge in [-0.2, -0.15) is 11.8 Å². The second kappa shape index (κ2) is 9.12. The van der Waals surface area contributed by atoms with Gasteiger partial charge >= 0.3 is 5.97 Å². The topological polar surface area (TPSA) is 84.9 Å². The first-order valence-electron chi connectivity index (χ1n) is 6.38. The highest BCUT2D eigenvalue weighted by Crippen LogP contribution is 2.29. The summed E-state index contributed by atoms with van der Waals surface area (Å²) in [6, 6.07) is 5.13. The van der Waals surface area contributed by atoms with Gasteiger partial charge < -0.3 is 19.9 Å². The first-order valence-corrected chi connectivity index (χ1v) is 7.53. The lowest BCUT2D eigenvalue weighted by Gasteiger charge is -2.10. The van der Waals surface area contributed by atoms with Crippen LogP contribution in [0.15, 0.2) is 18.2 Å². The maximum Gasteiger partial charge on any atom is 0.303 e.